The molecule has 196 valence electrons. The number of hydrogen-bond donors (Lipinski definition) is 0. The average molecular weight is 575 g/mol. The van der Waals surface area contributed by atoms with Gasteiger partial charge in [-0.1, -0.05) is 90.6 Å². The van der Waals surface area contributed by atoms with Crippen LogP contribution >= 0.6 is 22.1 Å². The fourth-order valence-electron chi connectivity index (χ4n) is 4.15. The van der Waals surface area contributed by atoms with E-state index in [-0.39, 0.29) is 5.78 Å². The summed E-state index contributed by atoms with van der Waals surface area (Å²) in [5, 5.41) is 0. The van der Waals surface area contributed by atoms with Crippen molar-refractivity contribution in [2.45, 2.75) is 24.5 Å². The lowest BCUT2D eigenvalue weighted by Crippen LogP contribution is -2.61. The van der Waals surface area contributed by atoms with E-state index in [0.29, 0.717) is 25.8 Å². The van der Waals surface area contributed by atoms with Crippen molar-refractivity contribution in [2.24, 2.45) is 0 Å². The van der Waals surface area contributed by atoms with Gasteiger partial charge in [0.05, 0.1) is 20.6 Å². The van der Waals surface area contributed by atoms with E-state index in [1.54, 1.807) is 78.9 Å². The number of carbonyl (C=O) groups excluding carboxylic acids is 1. The van der Waals surface area contributed by atoms with Crippen LogP contribution in [0.5, 0.6) is 0 Å². The molecule has 0 aliphatic carbocycles. The number of halogens is 1. The summed E-state index contributed by atoms with van der Waals surface area (Å²) in [7, 11) is -7.65. The summed E-state index contributed by atoms with van der Waals surface area (Å²) >= 11 is 1.47. The maximum Gasteiger partial charge on any atom is 0.193 e. The normalized spacial score (nSPS) is 12.2. The van der Waals surface area contributed by atoms with Crippen molar-refractivity contribution in [3.05, 3.63) is 151 Å². The van der Waals surface area contributed by atoms with E-state index in [4.69, 9.17) is 3.74 Å². The van der Waals surface area contributed by atoms with E-state index < -0.39 is 20.6 Å². The van der Waals surface area contributed by atoms with Gasteiger partial charge >= 0.3 is 0 Å². The highest BCUT2D eigenvalue weighted by atomic mass is 35.7. The molecule has 5 aromatic carbocycles. The van der Waals surface area contributed by atoms with Gasteiger partial charge in [-0.2, -0.15) is 14.0 Å². The van der Waals surface area contributed by atoms with Crippen LogP contribution in [0.25, 0.3) is 0 Å². The molecule has 0 fully saturated rings. The second-order valence-electron chi connectivity index (χ2n) is 8.42. The minimum atomic E-state index is -4.75. The monoisotopic (exact) mass is 574 g/mol. The van der Waals surface area contributed by atoms with Crippen molar-refractivity contribution in [3.8, 4) is 0 Å². The maximum atomic E-state index is 12.9. The fourth-order valence-corrected chi connectivity index (χ4v) is 9.24. The SMILES string of the molecule is O=C(c1ccccc1)c1cccc(Sc2ccc(S(O[Cl+3]([O-])([O-])[O-])(c3ccccc3)c3ccccc3)cc2)c1. The molecule has 0 aliphatic heterocycles. The van der Waals surface area contributed by atoms with Gasteiger partial charge in [-0.3, -0.25) is 4.79 Å². The smallest absolute Gasteiger partial charge is 0.193 e. The van der Waals surface area contributed by atoms with Crippen LogP contribution in [0.15, 0.2) is 164 Å². The molecule has 5 nitrogen and oxygen atoms in total. The Morgan fingerprint density at radius 3 is 1.59 bits per heavy atom. The van der Waals surface area contributed by atoms with E-state index in [1.165, 1.54) is 11.8 Å². The maximum absolute atomic E-state index is 12.9. The predicted molar refractivity (Wildman–Crippen MR) is 143 cm³/mol. The molecule has 5 rings (SSSR count). The second-order valence-corrected chi connectivity index (χ2v) is 13.4. The van der Waals surface area contributed by atoms with E-state index in [0.717, 1.165) is 9.79 Å². The molecule has 0 spiro atoms. The van der Waals surface area contributed by atoms with Gasteiger partial charge in [0.2, 0.25) is 0 Å². The summed E-state index contributed by atoms with van der Waals surface area (Å²) in [5.41, 5.74) is 1.21. The first kappa shape index (κ1) is 27.2. The summed E-state index contributed by atoms with van der Waals surface area (Å²) in [6, 6.07) is 41.7. The molecular weight excluding hydrogens is 552 g/mol. The van der Waals surface area contributed by atoms with Gasteiger partial charge in [0.1, 0.15) is 3.74 Å². The third-order valence-electron chi connectivity index (χ3n) is 5.85. The largest absolute Gasteiger partial charge is 0.289 e. The van der Waals surface area contributed by atoms with Crippen LogP contribution in [0.2, 0.25) is 0 Å². The topological polar surface area (TPSA) is 95.5 Å². The first-order valence-corrected chi connectivity index (χ1v) is 15.5. The van der Waals surface area contributed by atoms with Crippen LogP contribution in [-0.2, 0) is 3.74 Å². The van der Waals surface area contributed by atoms with Crippen molar-refractivity contribution in [1.29, 1.82) is 0 Å². The lowest BCUT2D eigenvalue weighted by atomic mass is 10.0. The van der Waals surface area contributed by atoms with Crippen LogP contribution in [-0.4, -0.2) is 5.78 Å². The molecule has 0 aliphatic rings. The fraction of sp³-hybridized carbons (Fsp3) is 0. The molecule has 0 amide bonds. The van der Waals surface area contributed by atoms with E-state index in [1.807, 2.05) is 60.7 Å². The number of benzene rings is 5. The molecule has 0 atom stereocenters. The Morgan fingerprint density at radius 2 is 1.05 bits per heavy atom. The Kier molecular flexibility index (Phi) is 8.20. The van der Waals surface area contributed by atoms with Gasteiger partial charge in [-0.05, 0) is 60.7 Å². The molecule has 39 heavy (non-hydrogen) atoms. The first-order valence-electron chi connectivity index (χ1n) is 11.9. The van der Waals surface area contributed by atoms with Crippen molar-refractivity contribution in [1.82, 2.24) is 0 Å². The molecule has 0 saturated carbocycles. The van der Waals surface area contributed by atoms with E-state index >= 15 is 0 Å². The number of hydrogen-bond acceptors (Lipinski definition) is 6. The summed E-state index contributed by atoms with van der Waals surface area (Å²) in [5.74, 6) is -0.0531. The Hall–Kier alpha value is -3.40. The Labute approximate surface area is 235 Å². The number of carbonyl (C=O) groups is 1. The molecule has 0 heterocycles. The molecule has 0 unspecified atom stereocenters. The van der Waals surface area contributed by atoms with Crippen molar-refractivity contribution >= 4 is 27.9 Å². The summed E-state index contributed by atoms with van der Waals surface area (Å²) in [6.45, 7) is 0. The molecule has 0 N–H and O–H groups in total. The summed E-state index contributed by atoms with van der Waals surface area (Å²) < 4.78 is 41.6. The first-order chi connectivity index (χ1) is 18.8. The summed E-state index contributed by atoms with van der Waals surface area (Å²) in [4.78, 5) is 16.4. The minimum absolute atomic E-state index is 0.0531. The molecule has 5 aromatic rings. The van der Waals surface area contributed by atoms with Crippen LogP contribution < -0.4 is 14.0 Å². The summed E-state index contributed by atoms with van der Waals surface area (Å²) in [6.07, 6.45) is 0. The highest BCUT2D eigenvalue weighted by Gasteiger charge is 2.46. The average Bonchev–Trinajstić information content (AvgIpc) is 2.97. The Morgan fingerprint density at radius 1 is 0.564 bits per heavy atom. The van der Waals surface area contributed by atoms with Gasteiger partial charge in [0.25, 0.3) is 0 Å². The van der Waals surface area contributed by atoms with Gasteiger partial charge in [-0.25, -0.2) is 0 Å². The predicted octanol–water partition coefficient (Wildman–Crippen LogP) is 5.18. The van der Waals surface area contributed by atoms with Gasteiger partial charge in [0.15, 0.2) is 5.78 Å². The van der Waals surface area contributed by atoms with Crippen LogP contribution in [0.1, 0.15) is 15.9 Å². The van der Waals surface area contributed by atoms with Crippen LogP contribution in [0.3, 0.4) is 0 Å². The molecule has 0 radical (unpaired) electrons. The second kappa shape index (κ2) is 11.8. The van der Waals surface area contributed by atoms with Crippen molar-refractivity contribution < 1.29 is 32.8 Å². The Bertz CT molecular complexity index is 1500. The standard InChI is InChI=1S/C31H23ClO5S2/c33-31(24-11-4-1-5-12-24)25-13-10-14-27(23-25)38-26-19-21-30(22-20-26)39(37-32(34,35)36,28-15-6-2-7-16-28)29-17-8-3-9-18-29/h1-23H. The van der Waals surface area contributed by atoms with Crippen LogP contribution in [0, 0.1) is 10.2 Å². The lowest BCUT2D eigenvalue weighted by molar-refractivity contribution is -1.91. The third-order valence-corrected chi connectivity index (χ3v) is 11.0. The molecule has 0 saturated heterocycles. The molecule has 0 bridgehead atoms. The van der Waals surface area contributed by atoms with Crippen LogP contribution in [0.4, 0.5) is 0 Å². The Balaban J connectivity index is 1.50. The lowest BCUT2D eigenvalue weighted by Gasteiger charge is -2.34. The highest BCUT2D eigenvalue weighted by molar-refractivity contribution is 8.29. The highest BCUT2D eigenvalue weighted by Crippen LogP contribution is 2.70. The third kappa shape index (κ3) is 6.27. The molecule has 0 aromatic heterocycles. The molecular formula is C31H23ClO5S2. The number of ketones is 1. The van der Waals surface area contributed by atoms with Gasteiger partial charge in [-0.15, -0.1) is 0 Å². The molecule has 8 heteroatoms. The van der Waals surface area contributed by atoms with Gasteiger partial charge in [0, 0.05) is 35.6 Å². The number of rotatable bonds is 9. The van der Waals surface area contributed by atoms with Crippen molar-refractivity contribution in [2.75, 3.05) is 0 Å². The zero-order valence-corrected chi connectivity index (χ0v) is 22.9. The van der Waals surface area contributed by atoms with Gasteiger partial charge < -0.3 is 0 Å². The quantitative estimate of drug-likeness (QED) is 0.225. The zero-order chi connectivity index (χ0) is 27.3. The van der Waals surface area contributed by atoms with E-state index in [2.05, 4.69) is 0 Å². The minimum Gasteiger partial charge on any atom is -0.289 e. The van der Waals surface area contributed by atoms with Crippen molar-refractivity contribution in [3.63, 3.8) is 0 Å². The van der Waals surface area contributed by atoms with E-state index in [9.17, 15) is 18.8 Å². The zero-order valence-electron chi connectivity index (χ0n) is 20.5.